The number of ether oxygens (including phenoxy) is 3. The van der Waals surface area contributed by atoms with Gasteiger partial charge in [0.1, 0.15) is 0 Å². The van der Waals surface area contributed by atoms with Crippen LogP contribution in [0, 0.1) is 5.92 Å². The van der Waals surface area contributed by atoms with Crippen molar-refractivity contribution in [1.29, 1.82) is 0 Å². The average molecular weight is 423 g/mol. The number of nitrogens with one attached hydrogen (secondary N) is 1. The molecule has 0 saturated carbocycles. The van der Waals surface area contributed by atoms with Crippen LogP contribution in [-0.2, 0) is 0 Å². The summed E-state index contributed by atoms with van der Waals surface area (Å²) in [6.07, 6.45) is 2.06. The van der Waals surface area contributed by atoms with E-state index >= 15 is 0 Å². The minimum atomic E-state index is -0.0980. The van der Waals surface area contributed by atoms with Crippen molar-refractivity contribution in [1.82, 2.24) is 10.3 Å². The van der Waals surface area contributed by atoms with E-state index in [9.17, 15) is 4.79 Å². The smallest absolute Gasteiger partial charge is 0.252 e. The Hall–Kier alpha value is -3.28. The number of carbonyl (C=O) groups excluding carboxylic acids is 1. The third-order valence-corrected chi connectivity index (χ3v) is 5.63. The molecule has 0 saturated heterocycles. The number of rotatable bonds is 9. The fraction of sp³-hybridized carbons (Fsp3) is 0.360. The van der Waals surface area contributed by atoms with Gasteiger partial charge in [0.15, 0.2) is 11.5 Å². The molecule has 0 spiro atoms. The first-order chi connectivity index (χ1) is 15.1. The molecule has 1 aromatic heterocycles. The summed E-state index contributed by atoms with van der Waals surface area (Å²) in [6.45, 7) is 4.94. The number of para-hydroxylation sites is 1. The molecule has 1 amide bonds. The van der Waals surface area contributed by atoms with Gasteiger partial charge in [0, 0.05) is 17.5 Å². The second-order valence-electron chi connectivity index (χ2n) is 7.38. The van der Waals surface area contributed by atoms with Gasteiger partial charge < -0.3 is 19.5 Å². The first kappa shape index (κ1) is 22.4. The van der Waals surface area contributed by atoms with Crippen molar-refractivity contribution in [3.63, 3.8) is 0 Å². The zero-order chi connectivity index (χ0) is 22.4. The summed E-state index contributed by atoms with van der Waals surface area (Å²) in [7, 11) is 4.72. The van der Waals surface area contributed by atoms with E-state index < -0.39 is 0 Å². The van der Waals surface area contributed by atoms with Crippen LogP contribution in [0.2, 0.25) is 0 Å². The van der Waals surface area contributed by atoms with Gasteiger partial charge in [0.05, 0.1) is 38.1 Å². The third kappa shape index (κ3) is 4.74. The Morgan fingerprint density at radius 1 is 0.968 bits per heavy atom. The molecule has 0 aliphatic carbocycles. The molecular weight excluding hydrogens is 392 g/mol. The maximum absolute atomic E-state index is 13.1. The molecule has 0 radical (unpaired) electrons. The lowest BCUT2D eigenvalue weighted by atomic mass is 10.0. The van der Waals surface area contributed by atoms with Gasteiger partial charge in [-0.15, -0.1) is 0 Å². The van der Waals surface area contributed by atoms with E-state index in [1.54, 1.807) is 21.3 Å². The minimum Gasteiger partial charge on any atom is -0.493 e. The lowest BCUT2D eigenvalue weighted by Crippen LogP contribution is -2.29. The zero-order valence-corrected chi connectivity index (χ0v) is 18.8. The lowest BCUT2D eigenvalue weighted by Gasteiger charge is -2.16. The van der Waals surface area contributed by atoms with Gasteiger partial charge in [-0.2, -0.15) is 0 Å². The second kappa shape index (κ2) is 10.2. The SMILES string of the molecule is CCC(CC)CNC(=O)c1cc(-c2cc(OC)c(OC)c(OC)c2)nc2ccccc12. The predicted octanol–water partition coefficient (Wildman–Crippen LogP) is 5.09. The predicted molar refractivity (Wildman–Crippen MR) is 123 cm³/mol. The molecule has 3 rings (SSSR count). The van der Waals surface area contributed by atoms with Crippen molar-refractivity contribution in [2.75, 3.05) is 27.9 Å². The molecule has 0 bridgehead atoms. The number of nitrogens with zero attached hydrogens (tertiary/aromatic N) is 1. The highest BCUT2D eigenvalue weighted by Gasteiger charge is 2.18. The molecular formula is C25H30N2O4. The number of fused-ring (bicyclic) bond motifs is 1. The van der Waals surface area contributed by atoms with Crippen molar-refractivity contribution < 1.29 is 19.0 Å². The monoisotopic (exact) mass is 422 g/mol. The van der Waals surface area contributed by atoms with Crippen LogP contribution >= 0.6 is 0 Å². The molecule has 0 unspecified atom stereocenters. The lowest BCUT2D eigenvalue weighted by molar-refractivity contribution is 0.0948. The van der Waals surface area contributed by atoms with E-state index in [1.807, 2.05) is 42.5 Å². The number of aromatic nitrogens is 1. The Balaban J connectivity index is 2.10. The Morgan fingerprint density at radius 3 is 2.19 bits per heavy atom. The van der Waals surface area contributed by atoms with E-state index in [-0.39, 0.29) is 5.91 Å². The van der Waals surface area contributed by atoms with Crippen LogP contribution in [0.3, 0.4) is 0 Å². The van der Waals surface area contributed by atoms with Crippen LogP contribution in [0.5, 0.6) is 17.2 Å². The molecule has 2 aromatic carbocycles. The number of amides is 1. The Morgan fingerprint density at radius 2 is 1.61 bits per heavy atom. The molecule has 6 nitrogen and oxygen atoms in total. The van der Waals surface area contributed by atoms with Crippen molar-refractivity contribution in [3.05, 3.63) is 48.0 Å². The maximum atomic E-state index is 13.1. The topological polar surface area (TPSA) is 69.7 Å². The van der Waals surface area contributed by atoms with Crippen molar-refractivity contribution in [2.24, 2.45) is 5.92 Å². The summed E-state index contributed by atoms with van der Waals surface area (Å²) in [5, 5.41) is 3.92. The first-order valence-corrected chi connectivity index (χ1v) is 10.5. The molecule has 1 heterocycles. The molecule has 6 heteroatoms. The van der Waals surface area contributed by atoms with Crippen molar-refractivity contribution in [3.8, 4) is 28.5 Å². The van der Waals surface area contributed by atoms with E-state index in [4.69, 9.17) is 19.2 Å². The van der Waals surface area contributed by atoms with Gasteiger partial charge >= 0.3 is 0 Å². The third-order valence-electron chi connectivity index (χ3n) is 5.63. The van der Waals surface area contributed by atoms with Crippen molar-refractivity contribution in [2.45, 2.75) is 26.7 Å². The summed E-state index contributed by atoms with van der Waals surface area (Å²) in [6, 6.07) is 13.2. The van der Waals surface area contributed by atoms with Crippen LogP contribution in [-0.4, -0.2) is 38.8 Å². The van der Waals surface area contributed by atoms with Gasteiger partial charge in [0.25, 0.3) is 5.91 Å². The first-order valence-electron chi connectivity index (χ1n) is 10.5. The highest BCUT2D eigenvalue weighted by molar-refractivity contribution is 6.07. The van der Waals surface area contributed by atoms with Crippen LogP contribution in [0.4, 0.5) is 0 Å². The van der Waals surface area contributed by atoms with Crippen LogP contribution in [0.25, 0.3) is 22.2 Å². The van der Waals surface area contributed by atoms with Crippen LogP contribution in [0.15, 0.2) is 42.5 Å². The van der Waals surface area contributed by atoms with Gasteiger partial charge in [-0.25, -0.2) is 4.98 Å². The number of pyridine rings is 1. The summed E-state index contributed by atoms with van der Waals surface area (Å²) >= 11 is 0. The molecule has 0 atom stereocenters. The largest absolute Gasteiger partial charge is 0.493 e. The summed E-state index contributed by atoms with van der Waals surface area (Å²) in [5.74, 6) is 1.95. The number of hydrogen-bond acceptors (Lipinski definition) is 5. The van der Waals surface area contributed by atoms with Gasteiger partial charge in [0.2, 0.25) is 5.75 Å². The van der Waals surface area contributed by atoms with E-state index in [0.717, 1.165) is 29.3 Å². The van der Waals surface area contributed by atoms with E-state index in [2.05, 4.69) is 19.2 Å². The Labute approximate surface area is 183 Å². The average Bonchev–Trinajstić information content (AvgIpc) is 2.82. The van der Waals surface area contributed by atoms with Gasteiger partial charge in [-0.05, 0) is 30.2 Å². The minimum absolute atomic E-state index is 0.0980. The number of benzene rings is 2. The molecule has 3 aromatic rings. The van der Waals surface area contributed by atoms with Crippen LogP contribution in [0.1, 0.15) is 37.0 Å². The molecule has 0 aliphatic heterocycles. The Kier molecular flexibility index (Phi) is 7.34. The zero-order valence-electron chi connectivity index (χ0n) is 18.8. The maximum Gasteiger partial charge on any atom is 0.252 e. The highest BCUT2D eigenvalue weighted by Crippen LogP contribution is 2.41. The number of methoxy groups -OCH3 is 3. The fourth-order valence-electron chi connectivity index (χ4n) is 3.65. The highest BCUT2D eigenvalue weighted by atomic mass is 16.5. The molecule has 0 aliphatic rings. The number of hydrogen-bond donors (Lipinski definition) is 1. The van der Waals surface area contributed by atoms with E-state index in [0.29, 0.717) is 41.0 Å². The Bertz CT molecular complexity index is 1040. The normalized spacial score (nSPS) is 10.9. The summed E-state index contributed by atoms with van der Waals surface area (Å²) in [5.41, 5.74) is 2.78. The van der Waals surface area contributed by atoms with Gasteiger partial charge in [-0.1, -0.05) is 44.9 Å². The quantitative estimate of drug-likeness (QED) is 0.520. The summed E-state index contributed by atoms with van der Waals surface area (Å²) in [4.78, 5) is 17.9. The molecule has 0 fully saturated rings. The molecule has 31 heavy (non-hydrogen) atoms. The van der Waals surface area contributed by atoms with E-state index in [1.165, 1.54) is 0 Å². The molecule has 1 N–H and O–H groups in total. The van der Waals surface area contributed by atoms with Gasteiger partial charge in [-0.3, -0.25) is 4.79 Å². The summed E-state index contributed by atoms with van der Waals surface area (Å²) < 4.78 is 16.4. The fourth-order valence-corrected chi connectivity index (χ4v) is 3.65. The standard InChI is InChI=1S/C25H30N2O4/c1-6-16(7-2)15-26-25(28)19-14-21(27-20-11-9-8-10-18(19)20)17-12-22(29-3)24(31-5)23(13-17)30-4/h8-14,16H,6-7,15H2,1-5H3,(H,26,28). The molecule has 164 valence electrons. The van der Waals surface area contributed by atoms with Crippen molar-refractivity contribution >= 4 is 16.8 Å². The number of carbonyl (C=O) groups is 1. The van der Waals surface area contributed by atoms with Crippen LogP contribution < -0.4 is 19.5 Å². The second-order valence-corrected chi connectivity index (χ2v) is 7.38.